The van der Waals surface area contributed by atoms with Gasteiger partial charge in [0.05, 0.1) is 7.11 Å². The van der Waals surface area contributed by atoms with Gasteiger partial charge in [0.1, 0.15) is 23.3 Å². The van der Waals surface area contributed by atoms with Gasteiger partial charge < -0.3 is 10.1 Å². The van der Waals surface area contributed by atoms with E-state index in [1.807, 2.05) is 0 Å². The minimum atomic E-state index is -1.01. The molecule has 0 spiro atoms. The number of anilines is 1. The Morgan fingerprint density at radius 2 is 1.71 bits per heavy atom. The molecule has 1 atom stereocenters. The van der Waals surface area contributed by atoms with E-state index < -0.39 is 17.8 Å². The summed E-state index contributed by atoms with van der Waals surface area (Å²) in [5.41, 5.74) is 1.22. The topological polar surface area (TPSA) is 71.5 Å². The van der Waals surface area contributed by atoms with Crippen LogP contribution in [0.15, 0.2) is 72.9 Å². The molecule has 1 heterocycles. The zero-order valence-electron chi connectivity index (χ0n) is 19.1. The number of pyridine rings is 1. The van der Waals surface area contributed by atoms with Crippen molar-refractivity contribution in [3.8, 4) is 5.75 Å². The van der Waals surface area contributed by atoms with E-state index in [0.717, 1.165) is 32.1 Å². The molecule has 1 aliphatic rings. The van der Waals surface area contributed by atoms with Crippen LogP contribution in [0.3, 0.4) is 0 Å². The highest BCUT2D eigenvalue weighted by molar-refractivity contribution is 6.09. The first-order valence-electron chi connectivity index (χ1n) is 11.5. The highest BCUT2D eigenvalue weighted by Gasteiger charge is 2.35. The summed E-state index contributed by atoms with van der Waals surface area (Å²) in [5.74, 6) is -0.529. The van der Waals surface area contributed by atoms with E-state index in [4.69, 9.17) is 4.74 Å². The fraction of sp³-hybridized carbons (Fsp3) is 0.296. The maximum atomic E-state index is 13.8. The number of benzene rings is 2. The van der Waals surface area contributed by atoms with E-state index in [0.29, 0.717) is 17.0 Å². The second-order valence-electron chi connectivity index (χ2n) is 8.39. The molecule has 0 aliphatic heterocycles. The van der Waals surface area contributed by atoms with Gasteiger partial charge in [-0.1, -0.05) is 37.5 Å². The van der Waals surface area contributed by atoms with Crippen LogP contribution >= 0.6 is 0 Å². The van der Waals surface area contributed by atoms with Crippen molar-refractivity contribution < 1.29 is 18.7 Å². The second-order valence-corrected chi connectivity index (χ2v) is 8.39. The monoisotopic (exact) mass is 461 g/mol. The number of halogens is 1. The Labute approximate surface area is 198 Å². The van der Waals surface area contributed by atoms with Crippen molar-refractivity contribution in [3.05, 3.63) is 90.0 Å². The molecule has 0 radical (unpaired) electrons. The van der Waals surface area contributed by atoms with Gasteiger partial charge in [-0.15, -0.1) is 0 Å². The molecule has 1 aliphatic carbocycles. The molecule has 176 valence electrons. The summed E-state index contributed by atoms with van der Waals surface area (Å²) in [6.07, 6.45) is 6.61. The molecule has 2 aromatic carbocycles. The number of ether oxygens (including phenoxy) is 1. The first-order valence-corrected chi connectivity index (χ1v) is 11.5. The Morgan fingerprint density at radius 1 is 1.00 bits per heavy atom. The molecule has 34 heavy (non-hydrogen) atoms. The highest BCUT2D eigenvalue weighted by atomic mass is 19.1. The Bertz CT molecular complexity index is 1100. The van der Waals surface area contributed by atoms with Crippen molar-refractivity contribution in [2.75, 3.05) is 12.0 Å². The average Bonchev–Trinajstić information content (AvgIpc) is 2.89. The largest absolute Gasteiger partial charge is 0.497 e. The van der Waals surface area contributed by atoms with Gasteiger partial charge in [0.25, 0.3) is 5.91 Å². The number of amides is 2. The minimum Gasteiger partial charge on any atom is -0.497 e. The Morgan fingerprint density at radius 3 is 2.32 bits per heavy atom. The lowest BCUT2D eigenvalue weighted by Gasteiger charge is -2.33. The smallest absolute Gasteiger partial charge is 0.277 e. The number of nitrogens with zero attached hydrogens (tertiary/aromatic N) is 2. The van der Waals surface area contributed by atoms with Gasteiger partial charge in [0, 0.05) is 17.9 Å². The Balaban J connectivity index is 1.79. The summed E-state index contributed by atoms with van der Waals surface area (Å²) in [4.78, 5) is 33.1. The average molecular weight is 462 g/mol. The van der Waals surface area contributed by atoms with Gasteiger partial charge in [-0.05, 0) is 66.9 Å². The molecular formula is C27H28FN3O3. The molecular weight excluding hydrogens is 433 g/mol. The molecule has 1 N–H and O–H groups in total. The second kappa shape index (κ2) is 10.9. The summed E-state index contributed by atoms with van der Waals surface area (Å²) >= 11 is 0. The van der Waals surface area contributed by atoms with Crippen LogP contribution in [0.5, 0.6) is 5.75 Å². The molecule has 0 saturated heterocycles. The van der Waals surface area contributed by atoms with Gasteiger partial charge in [-0.3, -0.25) is 19.5 Å². The van der Waals surface area contributed by atoms with Crippen LogP contribution in [0.25, 0.3) is 0 Å². The van der Waals surface area contributed by atoms with Crippen LogP contribution in [-0.2, 0) is 4.79 Å². The van der Waals surface area contributed by atoms with Crippen LogP contribution in [0.2, 0.25) is 0 Å². The van der Waals surface area contributed by atoms with Gasteiger partial charge in [0.15, 0.2) is 0 Å². The molecule has 1 saturated carbocycles. The molecule has 2 amide bonds. The molecule has 6 nitrogen and oxygen atoms in total. The van der Waals surface area contributed by atoms with E-state index >= 15 is 0 Å². The van der Waals surface area contributed by atoms with Crippen LogP contribution in [0.1, 0.15) is 54.2 Å². The van der Waals surface area contributed by atoms with Crippen molar-refractivity contribution in [1.82, 2.24) is 10.3 Å². The van der Waals surface area contributed by atoms with Crippen molar-refractivity contribution in [2.45, 2.75) is 44.2 Å². The minimum absolute atomic E-state index is 0.0480. The summed E-state index contributed by atoms with van der Waals surface area (Å²) in [7, 11) is 1.56. The van der Waals surface area contributed by atoms with E-state index in [2.05, 4.69) is 10.3 Å². The van der Waals surface area contributed by atoms with E-state index in [1.54, 1.807) is 61.7 Å². The summed E-state index contributed by atoms with van der Waals surface area (Å²) < 4.78 is 19.0. The number of carbonyl (C=O) groups excluding carboxylic acids is 2. The molecule has 7 heteroatoms. The molecule has 1 fully saturated rings. The van der Waals surface area contributed by atoms with Gasteiger partial charge in [-0.2, -0.15) is 0 Å². The zero-order valence-corrected chi connectivity index (χ0v) is 19.1. The molecule has 3 aromatic rings. The molecule has 0 bridgehead atoms. The van der Waals surface area contributed by atoms with Gasteiger partial charge >= 0.3 is 0 Å². The quantitative estimate of drug-likeness (QED) is 0.534. The maximum Gasteiger partial charge on any atom is 0.277 e. The van der Waals surface area contributed by atoms with Gasteiger partial charge in [-0.25, -0.2) is 4.39 Å². The lowest BCUT2D eigenvalue weighted by Crippen LogP contribution is -2.47. The standard InChI is InChI=1S/C27H28FN3O3/c1-34-23-16-14-22(15-17-23)31(27(33)24-9-5-6-18-29-24)25(19-10-12-20(28)13-11-19)26(32)30-21-7-3-2-4-8-21/h5-6,9-18,21,25H,2-4,7-8H2,1H3,(H,30,32)/t25-/m1/s1. The predicted octanol–water partition coefficient (Wildman–Crippen LogP) is 5.07. The SMILES string of the molecule is COc1ccc(N(C(=O)c2ccccn2)[C@@H](C(=O)NC2CCCCC2)c2ccc(F)cc2)cc1. The summed E-state index contributed by atoms with van der Waals surface area (Å²) in [5, 5.41) is 3.14. The van der Waals surface area contributed by atoms with Crippen LogP contribution in [0.4, 0.5) is 10.1 Å². The number of nitrogens with one attached hydrogen (secondary N) is 1. The van der Waals surface area contributed by atoms with Crippen LogP contribution in [0, 0.1) is 5.82 Å². The fourth-order valence-electron chi connectivity index (χ4n) is 4.33. The molecule has 1 aromatic heterocycles. The number of aromatic nitrogens is 1. The third-order valence-electron chi connectivity index (χ3n) is 6.10. The number of rotatable bonds is 7. The Kier molecular flexibility index (Phi) is 7.52. The van der Waals surface area contributed by atoms with Crippen molar-refractivity contribution >= 4 is 17.5 Å². The van der Waals surface area contributed by atoms with Gasteiger partial charge in [0.2, 0.25) is 5.91 Å². The first-order chi connectivity index (χ1) is 16.6. The van der Waals surface area contributed by atoms with E-state index in [1.165, 1.54) is 23.2 Å². The molecule has 4 rings (SSSR count). The summed E-state index contributed by atoms with van der Waals surface area (Å²) in [6, 6.07) is 16.7. The number of methoxy groups -OCH3 is 1. The van der Waals surface area contributed by atoms with Crippen LogP contribution in [-0.4, -0.2) is 29.9 Å². The lowest BCUT2D eigenvalue weighted by atomic mass is 9.94. The summed E-state index contributed by atoms with van der Waals surface area (Å²) in [6.45, 7) is 0. The third kappa shape index (κ3) is 5.42. The van der Waals surface area contributed by atoms with Crippen molar-refractivity contribution in [2.24, 2.45) is 0 Å². The first kappa shape index (κ1) is 23.4. The molecule has 0 unspecified atom stereocenters. The predicted molar refractivity (Wildman–Crippen MR) is 128 cm³/mol. The number of hydrogen-bond donors (Lipinski definition) is 1. The Hall–Kier alpha value is -3.74. The number of carbonyl (C=O) groups is 2. The van der Waals surface area contributed by atoms with E-state index in [9.17, 15) is 14.0 Å². The third-order valence-corrected chi connectivity index (χ3v) is 6.10. The lowest BCUT2D eigenvalue weighted by molar-refractivity contribution is -0.123. The maximum absolute atomic E-state index is 13.8. The van der Waals surface area contributed by atoms with Crippen LogP contribution < -0.4 is 15.0 Å². The fourth-order valence-corrected chi connectivity index (χ4v) is 4.33. The highest BCUT2D eigenvalue weighted by Crippen LogP contribution is 2.31. The normalized spacial score (nSPS) is 14.8. The zero-order chi connectivity index (χ0) is 23.9. The van der Waals surface area contributed by atoms with Crippen molar-refractivity contribution in [1.29, 1.82) is 0 Å². The number of hydrogen-bond acceptors (Lipinski definition) is 4. The van der Waals surface area contributed by atoms with E-state index in [-0.39, 0.29) is 17.6 Å². The van der Waals surface area contributed by atoms with Crippen molar-refractivity contribution in [3.63, 3.8) is 0 Å².